The van der Waals surface area contributed by atoms with Gasteiger partial charge in [0, 0.05) is 12.7 Å². The molecule has 5 N–H and O–H groups in total. The summed E-state index contributed by atoms with van der Waals surface area (Å²) in [6.45, 7) is 2.51. The van der Waals surface area contributed by atoms with Crippen molar-refractivity contribution >= 4 is 29.6 Å². The summed E-state index contributed by atoms with van der Waals surface area (Å²) in [4.78, 5) is 32.5. The Bertz CT molecular complexity index is 334. The standard InChI is InChI=1S/C8H11NO5S.H3N/c1-4(10)9-5(6(11)12)3-15-8(9,2)7(13)14;/h5H,3H2,1-2H3,(H,11,12)(H,13,14);1H3. The van der Waals surface area contributed by atoms with Gasteiger partial charge in [-0.3, -0.25) is 4.79 Å². The highest BCUT2D eigenvalue weighted by Gasteiger charge is 2.53. The summed E-state index contributed by atoms with van der Waals surface area (Å²) < 4.78 is 0. The van der Waals surface area contributed by atoms with Crippen LogP contribution in [0.25, 0.3) is 0 Å². The molecule has 0 aromatic rings. The second kappa shape index (κ2) is 4.71. The third-order valence-corrected chi connectivity index (χ3v) is 3.73. The lowest BCUT2D eigenvalue weighted by Gasteiger charge is -2.31. The van der Waals surface area contributed by atoms with Gasteiger partial charge in [-0.2, -0.15) is 0 Å². The highest BCUT2D eigenvalue weighted by Crippen LogP contribution is 2.39. The molecule has 0 radical (unpaired) electrons. The zero-order valence-corrected chi connectivity index (χ0v) is 9.78. The molecule has 1 amide bonds. The third kappa shape index (κ3) is 2.12. The maximum absolute atomic E-state index is 11.3. The monoisotopic (exact) mass is 250 g/mol. The van der Waals surface area contributed by atoms with Crippen molar-refractivity contribution < 1.29 is 24.6 Å². The summed E-state index contributed by atoms with van der Waals surface area (Å²) in [5, 5.41) is 17.8. The fourth-order valence-corrected chi connectivity index (χ4v) is 2.84. The molecule has 1 heterocycles. The van der Waals surface area contributed by atoms with Gasteiger partial charge < -0.3 is 21.3 Å². The molecule has 0 spiro atoms. The first-order valence-electron chi connectivity index (χ1n) is 4.20. The SMILES string of the molecule is CC(=O)N1C(C(=O)O)CSC1(C)C(=O)O.N. The van der Waals surface area contributed by atoms with Crippen molar-refractivity contribution in [2.75, 3.05) is 5.75 Å². The quantitative estimate of drug-likeness (QED) is 0.628. The molecule has 16 heavy (non-hydrogen) atoms. The number of carbonyl (C=O) groups excluding carboxylic acids is 1. The van der Waals surface area contributed by atoms with Crippen LogP contribution in [0.15, 0.2) is 0 Å². The second-order valence-corrected chi connectivity index (χ2v) is 4.76. The molecule has 8 heteroatoms. The van der Waals surface area contributed by atoms with Crippen LogP contribution >= 0.6 is 11.8 Å². The Kier molecular flexibility index (Phi) is 4.33. The molecule has 92 valence electrons. The van der Waals surface area contributed by atoms with Crippen LogP contribution < -0.4 is 6.15 Å². The maximum atomic E-state index is 11.3. The number of carboxylic acid groups (broad SMARTS) is 2. The van der Waals surface area contributed by atoms with E-state index in [1.54, 1.807) is 0 Å². The molecular formula is C8H14N2O5S. The van der Waals surface area contributed by atoms with E-state index in [0.717, 1.165) is 16.7 Å². The lowest BCUT2D eigenvalue weighted by molar-refractivity contribution is -0.157. The smallest absolute Gasteiger partial charge is 0.340 e. The Labute approximate surface area is 96.4 Å². The van der Waals surface area contributed by atoms with Crippen LogP contribution in [0.2, 0.25) is 0 Å². The van der Waals surface area contributed by atoms with E-state index in [4.69, 9.17) is 10.2 Å². The van der Waals surface area contributed by atoms with Gasteiger partial charge >= 0.3 is 11.9 Å². The van der Waals surface area contributed by atoms with Crippen LogP contribution in [-0.4, -0.2) is 49.6 Å². The number of aliphatic carboxylic acids is 2. The van der Waals surface area contributed by atoms with Crippen molar-refractivity contribution in [3.05, 3.63) is 0 Å². The average molecular weight is 250 g/mol. The number of nitrogens with zero attached hydrogens (tertiary/aromatic N) is 1. The Morgan fingerprint density at radius 1 is 1.38 bits per heavy atom. The van der Waals surface area contributed by atoms with E-state index in [1.165, 1.54) is 13.8 Å². The third-order valence-electron chi connectivity index (χ3n) is 2.31. The number of thioether (sulfide) groups is 1. The molecule has 1 rings (SSSR count). The zero-order valence-electron chi connectivity index (χ0n) is 8.97. The highest BCUT2D eigenvalue weighted by atomic mass is 32.2. The molecule has 7 nitrogen and oxygen atoms in total. The minimum Gasteiger partial charge on any atom is -0.480 e. The lowest BCUT2D eigenvalue weighted by atomic mass is 10.2. The fourth-order valence-electron chi connectivity index (χ4n) is 1.55. The first-order chi connectivity index (χ1) is 6.80. The average Bonchev–Trinajstić information content (AvgIpc) is 2.44. The molecule has 1 saturated heterocycles. The van der Waals surface area contributed by atoms with Gasteiger partial charge in [-0.1, -0.05) is 0 Å². The summed E-state index contributed by atoms with van der Waals surface area (Å²) in [6.07, 6.45) is 0. The van der Waals surface area contributed by atoms with Crippen LogP contribution in [0, 0.1) is 0 Å². The summed E-state index contributed by atoms with van der Waals surface area (Å²) in [5.74, 6) is -2.83. The van der Waals surface area contributed by atoms with Gasteiger partial charge in [0.1, 0.15) is 6.04 Å². The topological polar surface area (TPSA) is 130 Å². The predicted octanol–water partition coefficient (Wildman–Crippen LogP) is -0.00230. The minimum atomic E-state index is -1.48. The molecule has 0 bridgehead atoms. The van der Waals surface area contributed by atoms with Gasteiger partial charge in [0.2, 0.25) is 5.91 Å². The molecule has 1 aliphatic rings. The van der Waals surface area contributed by atoms with Gasteiger partial charge in [-0.25, -0.2) is 9.59 Å². The van der Waals surface area contributed by atoms with E-state index in [9.17, 15) is 14.4 Å². The van der Waals surface area contributed by atoms with Crippen LogP contribution in [0.4, 0.5) is 0 Å². The second-order valence-electron chi connectivity index (χ2n) is 3.34. The van der Waals surface area contributed by atoms with E-state index in [1.807, 2.05) is 0 Å². The van der Waals surface area contributed by atoms with Gasteiger partial charge in [0.05, 0.1) is 0 Å². The fraction of sp³-hybridized carbons (Fsp3) is 0.625. The van der Waals surface area contributed by atoms with Gasteiger partial charge in [-0.15, -0.1) is 11.8 Å². The van der Waals surface area contributed by atoms with Gasteiger partial charge in [0.15, 0.2) is 4.87 Å². The zero-order chi connectivity index (χ0) is 11.8. The number of carbonyl (C=O) groups is 3. The van der Waals surface area contributed by atoms with Gasteiger partial charge in [0.25, 0.3) is 0 Å². The molecule has 0 aromatic heterocycles. The normalized spacial score (nSPS) is 28.4. The molecule has 2 atom stereocenters. The van der Waals surface area contributed by atoms with Gasteiger partial charge in [-0.05, 0) is 6.92 Å². The largest absolute Gasteiger partial charge is 0.480 e. The Morgan fingerprint density at radius 3 is 2.19 bits per heavy atom. The first kappa shape index (κ1) is 14.7. The van der Waals surface area contributed by atoms with E-state index >= 15 is 0 Å². The van der Waals surface area contributed by atoms with Crippen molar-refractivity contribution in [3.63, 3.8) is 0 Å². The number of hydrogen-bond acceptors (Lipinski definition) is 5. The molecule has 0 aromatic carbocycles. The van der Waals surface area contributed by atoms with Crippen LogP contribution in [0.3, 0.4) is 0 Å². The van der Waals surface area contributed by atoms with Crippen molar-refractivity contribution in [3.8, 4) is 0 Å². The van der Waals surface area contributed by atoms with Crippen molar-refractivity contribution in [2.24, 2.45) is 0 Å². The molecule has 0 aliphatic carbocycles. The molecule has 1 aliphatic heterocycles. The number of rotatable bonds is 2. The summed E-state index contributed by atoms with van der Waals surface area (Å²) >= 11 is 0.950. The van der Waals surface area contributed by atoms with Crippen LogP contribution in [0.1, 0.15) is 13.8 Å². The summed E-state index contributed by atoms with van der Waals surface area (Å²) in [7, 11) is 0. The predicted molar refractivity (Wildman–Crippen MR) is 57.5 cm³/mol. The maximum Gasteiger partial charge on any atom is 0.340 e. The number of carboxylic acids is 2. The molecule has 2 unspecified atom stereocenters. The Hall–Kier alpha value is -1.28. The Morgan fingerprint density at radius 2 is 1.88 bits per heavy atom. The molecule has 0 saturated carbocycles. The molecule has 1 fully saturated rings. The van der Waals surface area contributed by atoms with E-state index in [2.05, 4.69) is 0 Å². The van der Waals surface area contributed by atoms with Crippen molar-refractivity contribution in [2.45, 2.75) is 24.8 Å². The number of hydrogen-bond donors (Lipinski definition) is 3. The van der Waals surface area contributed by atoms with E-state index in [-0.39, 0.29) is 11.9 Å². The Balaban J connectivity index is 0.00000225. The number of amides is 1. The molecular weight excluding hydrogens is 236 g/mol. The van der Waals surface area contributed by atoms with E-state index < -0.39 is 28.8 Å². The highest BCUT2D eigenvalue weighted by molar-refractivity contribution is 8.01. The van der Waals surface area contributed by atoms with Crippen LogP contribution in [-0.2, 0) is 14.4 Å². The lowest BCUT2D eigenvalue weighted by Crippen LogP contribution is -2.54. The van der Waals surface area contributed by atoms with Crippen LogP contribution in [0.5, 0.6) is 0 Å². The van der Waals surface area contributed by atoms with Crippen molar-refractivity contribution in [1.82, 2.24) is 11.1 Å². The summed E-state index contributed by atoms with van der Waals surface area (Å²) in [6, 6.07) is -1.06. The van der Waals surface area contributed by atoms with Crippen molar-refractivity contribution in [1.29, 1.82) is 0 Å². The summed E-state index contributed by atoms with van der Waals surface area (Å²) in [5.41, 5.74) is 0. The van der Waals surface area contributed by atoms with E-state index in [0.29, 0.717) is 0 Å². The first-order valence-corrected chi connectivity index (χ1v) is 5.19. The minimum absolute atomic E-state index is 0.